The molecule has 2 rings (SSSR count). The van der Waals surface area contributed by atoms with Crippen molar-refractivity contribution in [3.8, 4) is 11.5 Å². The first-order chi connectivity index (χ1) is 9.84. The van der Waals surface area contributed by atoms with E-state index < -0.39 is 10.0 Å². The van der Waals surface area contributed by atoms with Crippen molar-refractivity contribution in [2.45, 2.75) is 4.90 Å². The molecule has 0 saturated carbocycles. The van der Waals surface area contributed by atoms with E-state index in [1.54, 1.807) is 36.4 Å². The number of rotatable bonds is 4. The normalized spacial score (nSPS) is 11.6. The maximum Gasteiger partial charge on any atom is 0.244 e. The highest BCUT2D eigenvalue weighted by Crippen LogP contribution is 2.35. The lowest BCUT2D eigenvalue weighted by molar-refractivity contribution is 0.482. The Kier molecular flexibility index (Phi) is 4.41. The monoisotopic (exact) mass is 326 g/mol. The molecule has 2 aromatic carbocycles. The average molecular weight is 327 g/mol. The summed E-state index contributed by atoms with van der Waals surface area (Å²) in [6, 6.07) is 11.5. The molecule has 0 saturated heterocycles. The van der Waals surface area contributed by atoms with Crippen LogP contribution in [-0.4, -0.2) is 26.8 Å². The summed E-state index contributed by atoms with van der Waals surface area (Å²) in [4.78, 5) is -0.00273. The smallest absolute Gasteiger partial charge is 0.244 e. The van der Waals surface area contributed by atoms with E-state index in [-0.39, 0.29) is 16.3 Å². The molecule has 0 bridgehead atoms. The van der Waals surface area contributed by atoms with Gasteiger partial charge in [0.15, 0.2) is 5.75 Å². The standard InChI is InChI=1S/C14H15ClN2O3S/c1-17(2)21(18,19)13-9-5-8-12(14(13)16)20-11-7-4-3-6-10(11)15/h3-9H,16H2,1-2H3. The van der Waals surface area contributed by atoms with E-state index in [9.17, 15) is 8.42 Å². The summed E-state index contributed by atoms with van der Waals surface area (Å²) >= 11 is 6.01. The number of para-hydroxylation sites is 2. The third-order valence-corrected chi connectivity index (χ3v) is 5.03. The molecule has 0 aliphatic carbocycles. The van der Waals surface area contributed by atoms with Gasteiger partial charge in [0.05, 0.1) is 10.7 Å². The van der Waals surface area contributed by atoms with Crippen LogP contribution in [0.15, 0.2) is 47.4 Å². The van der Waals surface area contributed by atoms with E-state index in [0.717, 1.165) is 4.31 Å². The summed E-state index contributed by atoms with van der Waals surface area (Å²) in [6.07, 6.45) is 0. The Balaban J connectivity index is 2.47. The van der Waals surface area contributed by atoms with Gasteiger partial charge in [-0.15, -0.1) is 0 Å². The number of sulfonamides is 1. The van der Waals surface area contributed by atoms with Crippen LogP contribution in [-0.2, 0) is 10.0 Å². The molecular weight excluding hydrogens is 312 g/mol. The van der Waals surface area contributed by atoms with Crippen LogP contribution < -0.4 is 10.5 Å². The predicted molar refractivity (Wildman–Crippen MR) is 83.3 cm³/mol. The summed E-state index contributed by atoms with van der Waals surface area (Å²) in [5.41, 5.74) is 5.98. The average Bonchev–Trinajstić information content (AvgIpc) is 2.43. The topological polar surface area (TPSA) is 72.6 Å². The third kappa shape index (κ3) is 3.12. The highest BCUT2D eigenvalue weighted by molar-refractivity contribution is 7.89. The molecule has 0 amide bonds. The fourth-order valence-corrected chi connectivity index (χ4v) is 2.88. The predicted octanol–water partition coefficient (Wildman–Crippen LogP) is 2.96. The second-order valence-corrected chi connectivity index (χ2v) is 7.02. The minimum atomic E-state index is -3.64. The third-order valence-electron chi connectivity index (χ3n) is 2.84. The Morgan fingerprint density at radius 3 is 2.29 bits per heavy atom. The van der Waals surface area contributed by atoms with Gasteiger partial charge in [0.1, 0.15) is 10.6 Å². The van der Waals surface area contributed by atoms with Gasteiger partial charge in [0, 0.05) is 14.1 Å². The molecule has 0 atom stereocenters. The van der Waals surface area contributed by atoms with Gasteiger partial charge in [-0.25, -0.2) is 12.7 Å². The first-order valence-corrected chi connectivity index (χ1v) is 7.89. The van der Waals surface area contributed by atoms with Crippen LogP contribution in [0.25, 0.3) is 0 Å². The number of hydrogen-bond donors (Lipinski definition) is 1. The molecule has 0 radical (unpaired) electrons. The van der Waals surface area contributed by atoms with Gasteiger partial charge in [-0.3, -0.25) is 0 Å². The number of nitrogen functional groups attached to an aromatic ring is 1. The molecule has 0 heterocycles. The van der Waals surface area contributed by atoms with Gasteiger partial charge in [-0.1, -0.05) is 29.8 Å². The fraction of sp³-hybridized carbons (Fsp3) is 0.143. The van der Waals surface area contributed by atoms with E-state index in [1.165, 1.54) is 20.2 Å². The van der Waals surface area contributed by atoms with Gasteiger partial charge in [0.2, 0.25) is 10.0 Å². The van der Waals surface area contributed by atoms with E-state index in [0.29, 0.717) is 10.8 Å². The first kappa shape index (κ1) is 15.6. The molecule has 0 aromatic heterocycles. The summed E-state index contributed by atoms with van der Waals surface area (Å²) in [5.74, 6) is 0.649. The second-order valence-electron chi connectivity index (χ2n) is 4.49. The molecule has 0 fully saturated rings. The fourth-order valence-electron chi connectivity index (χ4n) is 1.68. The Bertz CT molecular complexity index is 761. The molecule has 21 heavy (non-hydrogen) atoms. The number of hydrogen-bond acceptors (Lipinski definition) is 4. The SMILES string of the molecule is CN(C)S(=O)(=O)c1cccc(Oc2ccccc2Cl)c1N. The van der Waals surface area contributed by atoms with Crippen LogP contribution in [0.4, 0.5) is 5.69 Å². The minimum absolute atomic E-state index is 0.00273. The molecule has 5 nitrogen and oxygen atoms in total. The number of nitrogens with zero attached hydrogens (tertiary/aromatic N) is 1. The molecule has 2 N–H and O–H groups in total. The van der Waals surface area contributed by atoms with Gasteiger partial charge < -0.3 is 10.5 Å². The van der Waals surface area contributed by atoms with Crippen molar-refractivity contribution < 1.29 is 13.2 Å². The Morgan fingerprint density at radius 2 is 1.67 bits per heavy atom. The van der Waals surface area contributed by atoms with Crippen molar-refractivity contribution in [1.82, 2.24) is 4.31 Å². The zero-order chi connectivity index (χ0) is 15.6. The zero-order valence-electron chi connectivity index (χ0n) is 11.6. The van der Waals surface area contributed by atoms with Crippen LogP contribution in [0, 0.1) is 0 Å². The van der Waals surface area contributed by atoms with Crippen LogP contribution in [0.5, 0.6) is 11.5 Å². The maximum absolute atomic E-state index is 12.2. The second kappa shape index (κ2) is 5.93. The van der Waals surface area contributed by atoms with Crippen LogP contribution in [0.1, 0.15) is 0 Å². The highest BCUT2D eigenvalue weighted by atomic mass is 35.5. The molecule has 7 heteroatoms. The van der Waals surface area contributed by atoms with Gasteiger partial charge >= 0.3 is 0 Å². The zero-order valence-corrected chi connectivity index (χ0v) is 13.1. The Hall–Kier alpha value is -1.76. The van der Waals surface area contributed by atoms with Crippen molar-refractivity contribution in [2.75, 3.05) is 19.8 Å². The number of halogens is 1. The minimum Gasteiger partial charge on any atom is -0.454 e. The summed E-state index contributed by atoms with van der Waals surface area (Å²) < 4.78 is 31.1. The summed E-state index contributed by atoms with van der Waals surface area (Å²) in [7, 11) is -0.755. The van der Waals surface area contributed by atoms with Crippen LogP contribution >= 0.6 is 11.6 Å². The van der Waals surface area contributed by atoms with E-state index in [2.05, 4.69) is 0 Å². The van der Waals surface area contributed by atoms with Crippen molar-refractivity contribution in [3.63, 3.8) is 0 Å². The first-order valence-electron chi connectivity index (χ1n) is 6.07. The molecule has 112 valence electrons. The maximum atomic E-state index is 12.2. The molecule has 2 aromatic rings. The molecule has 0 unspecified atom stereocenters. The Labute approximate surface area is 128 Å². The lowest BCUT2D eigenvalue weighted by Gasteiger charge is -2.16. The van der Waals surface area contributed by atoms with Crippen molar-refractivity contribution in [1.29, 1.82) is 0 Å². The number of anilines is 1. The molecule has 0 aliphatic heterocycles. The number of nitrogens with two attached hydrogens (primary N) is 1. The van der Waals surface area contributed by atoms with Crippen molar-refractivity contribution in [3.05, 3.63) is 47.5 Å². The Morgan fingerprint density at radius 1 is 1.05 bits per heavy atom. The number of ether oxygens (including phenoxy) is 1. The van der Waals surface area contributed by atoms with Crippen molar-refractivity contribution >= 4 is 27.3 Å². The summed E-state index contributed by atoms with van der Waals surface area (Å²) in [5, 5.41) is 0.415. The van der Waals surface area contributed by atoms with Crippen LogP contribution in [0.2, 0.25) is 5.02 Å². The van der Waals surface area contributed by atoms with E-state index in [1.807, 2.05) is 0 Å². The van der Waals surface area contributed by atoms with Crippen LogP contribution in [0.3, 0.4) is 0 Å². The van der Waals surface area contributed by atoms with Gasteiger partial charge in [-0.05, 0) is 24.3 Å². The summed E-state index contributed by atoms with van der Waals surface area (Å²) in [6.45, 7) is 0. The van der Waals surface area contributed by atoms with E-state index >= 15 is 0 Å². The van der Waals surface area contributed by atoms with Gasteiger partial charge in [0.25, 0.3) is 0 Å². The molecule has 0 spiro atoms. The quantitative estimate of drug-likeness (QED) is 0.877. The molecular formula is C14H15ClN2O3S. The largest absolute Gasteiger partial charge is 0.454 e. The van der Waals surface area contributed by atoms with Gasteiger partial charge in [-0.2, -0.15) is 0 Å². The van der Waals surface area contributed by atoms with E-state index in [4.69, 9.17) is 22.1 Å². The number of benzene rings is 2. The highest BCUT2D eigenvalue weighted by Gasteiger charge is 2.22. The van der Waals surface area contributed by atoms with Crippen molar-refractivity contribution in [2.24, 2.45) is 0 Å². The lowest BCUT2D eigenvalue weighted by Crippen LogP contribution is -2.23. The molecule has 0 aliphatic rings. The lowest BCUT2D eigenvalue weighted by atomic mass is 10.3.